The van der Waals surface area contributed by atoms with Crippen LogP contribution in [0.5, 0.6) is 5.88 Å². The fraction of sp³-hybridized carbons (Fsp3) is 0.375. The van der Waals surface area contributed by atoms with E-state index in [1.54, 1.807) is 30.5 Å². The summed E-state index contributed by atoms with van der Waals surface area (Å²) in [5, 5.41) is 4.20. The third-order valence-electron chi connectivity index (χ3n) is 8.41. The first kappa shape index (κ1) is 30.1. The number of hydrogen-bond acceptors (Lipinski definition) is 8. The molecule has 1 aliphatic heterocycles. The van der Waals surface area contributed by atoms with Gasteiger partial charge in [-0.15, -0.1) is 0 Å². The molecule has 236 valence electrons. The molecule has 5 aromatic rings. The predicted molar refractivity (Wildman–Crippen MR) is 162 cm³/mol. The number of rotatable bonds is 9. The highest BCUT2D eigenvalue weighted by atomic mass is 35.5. The molecule has 0 atom stereocenters. The highest BCUT2D eigenvalue weighted by molar-refractivity contribution is 6.30. The maximum absolute atomic E-state index is 13.0. The zero-order chi connectivity index (χ0) is 31.9. The Bertz CT molecular complexity index is 1910. The summed E-state index contributed by atoms with van der Waals surface area (Å²) >= 11 is 6.00. The van der Waals surface area contributed by atoms with E-state index in [1.807, 2.05) is 24.3 Å². The van der Waals surface area contributed by atoms with Crippen LogP contribution >= 0.6 is 11.6 Å². The second-order valence-corrected chi connectivity index (χ2v) is 12.2. The Kier molecular flexibility index (Phi) is 7.86. The largest absolute Gasteiger partial charge is 0.474 e. The van der Waals surface area contributed by atoms with Gasteiger partial charge in [0.25, 0.3) is 5.54 Å². The highest BCUT2D eigenvalue weighted by Crippen LogP contribution is 2.42. The second kappa shape index (κ2) is 12.0. The van der Waals surface area contributed by atoms with Crippen LogP contribution < -0.4 is 4.74 Å². The highest BCUT2D eigenvalue weighted by Gasteiger charge is 2.51. The first-order valence-electron chi connectivity index (χ1n) is 14.9. The number of alkyl halides is 3. The number of ether oxygens (including phenoxy) is 1. The van der Waals surface area contributed by atoms with Gasteiger partial charge in [0.1, 0.15) is 24.3 Å². The van der Waals surface area contributed by atoms with Gasteiger partial charge in [0.05, 0.1) is 17.6 Å². The molecule has 1 aliphatic carbocycles. The first-order valence-corrected chi connectivity index (χ1v) is 15.3. The number of nitrogens with zero attached hydrogens (tertiary/aromatic N) is 8. The van der Waals surface area contributed by atoms with Crippen LogP contribution in [0.2, 0.25) is 5.02 Å². The maximum Gasteiger partial charge on any atom is 0.471 e. The van der Waals surface area contributed by atoms with Crippen LogP contribution in [-0.2, 0) is 25.7 Å². The van der Waals surface area contributed by atoms with Gasteiger partial charge < -0.3 is 18.7 Å². The smallest absolute Gasteiger partial charge is 0.471 e. The Labute approximate surface area is 267 Å². The van der Waals surface area contributed by atoms with Crippen LogP contribution in [0.25, 0.3) is 27.3 Å². The lowest BCUT2D eigenvalue weighted by molar-refractivity contribution is -0.159. The van der Waals surface area contributed by atoms with Crippen LogP contribution in [0.15, 0.2) is 59.3 Å². The molecule has 0 spiro atoms. The number of fused-ring (bicyclic) bond motifs is 1. The summed E-state index contributed by atoms with van der Waals surface area (Å²) in [6.45, 7) is 10.3. The number of benzene rings is 2. The monoisotopic (exact) mass is 648 g/mol. The molecule has 1 saturated heterocycles. The van der Waals surface area contributed by atoms with Crippen molar-refractivity contribution in [2.75, 3.05) is 13.1 Å². The Hall–Kier alpha value is -4.54. The lowest BCUT2D eigenvalue weighted by Gasteiger charge is -2.31. The predicted octanol–water partition coefficient (Wildman–Crippen LogP) is 6.63. The maximum atomic E-state index is 13.0. The SMILES string of the molecule is [C-]#[N+]C1(Cn2c(CN3CCC(Oc4ccnc(Cc5ccc(Cl)cc5)n4)CC3)nc3cc(-c4noc(C(F)(F)F)n4)ccc32)CC1. The minimum absolute atomic E-state index is 0.00399. The van der Waals surface area contributed by atoms with Crippen molar-refractivity contribution < 1.29 is 22.4 Å². The van der Waals surface area contributed by atoms with E-state index >= 15 is 0 Å². The van der Waals surface area contributed by atoms with Crippen LogP contribution in [-0.4, -0.2) is 59.3 Å². The van der Waals surface area contributed by atoms with Crippen molar-refractivity contribution in [2.24, 2.45) is 0 Å². The Morgan fingerprint density at radius 1 is 1.04 bits per heavy atom. The standard InChI is InChI=1S/C32H28ClF3N8O2/c1-37-31(11-12-31)19-44-25-7-4-21(29-41-30(46-42-29)32(34,35)36)17-24(25)39-27(44)18-43-14-9-23(10-15-43)45-28-8-13-38-26(40-28)16-20-2-5-22(33)6-3-20/h2-8,13,17,23H,9-12,14-16,18-19H2. The minimum Gasteiger partial charge on any atom is -0.474 e. The molecule has 0 radical (unpaired) electrons. The Balaban J connectivity index is 1.04. The van der Waals surface area contributed by atoms with E-state index in [2.05, 4.69) is 38.9 Å². The molecule has 3 aromatic heterocycles. The topological polar surface area (TPSA) is 99.3 Å². The molecule has 14 heteroatoms. The van der Waals surface area contributed by atoms with Crippen molar-refractivity contribution >= 4 is 22.6 Å². The zero-order valence-corrected chi connectivity index (χ0v) is 25.3. The molecule has 0 N–H and O–H groups in total. The summed E-state index contributed by atoms with van der Waals surface area (Å²) in [6.07, 6.45) is 0.809. The van der Waals surface area contributed by atoms with E-state index in [0.717, 1.165) is 55.7 Å². The van der Waals surface area contributed by atoms with Crippen molar-refractivity contribution in [1.29, 1.82) is 0 Å². The van der Waals surface area contributed by atoms with Crippen molar-refractivity contribution in [3.8, 4) is 17.3 Å². The van der Waals surface area contributed by atoms with Crippen molar-refractivity contribution in [3.05, 3.63) is 94.3 Å². The lowest BCUT2D eigenvalue weighted by Crippen LogP contribution is -2.38. The van der Waals surface area contributed by atoms with E-state index in [9.17, 15) is 13.2 Å². The minimum atomic E-state index is -4.73. The molecular weight excluding hydrogens is 621 g/mol. The third-order valence-corrected chi connectivity index (χ3v) is 8.67. The van der Waals surface area contributed by atoms with Crippen molar-refractivity contribution in [2.45, 2.75) is 63.0 Å². The van der Waals surface area contributed by atoms with Gasteiger partial charge in [0.15, 0.2) is 0 Å². The summed E-state index contributed by atoms with van der Waals surface area (Å²) in [5.41, 5.74) is 2.40. The Morgan fingerprint density at radius 2 is 1.83 bits per heavy atom. The quantitative estimate of drug-likeness (QED) is 0.164. The summed E-state index contributed by atoms with van der Waals surface area (Å²) in [7, 11) is 0. The second-order valence-electron chi connectivity index (χ2n) is 11.8. The fourth-order valence-electron chi connectivity index (χ4n) is 5.69. The van der Waals surface area contributed by atoms with E-state index in [4.69, 9.17) is 27.9 Å². The van der Waals surface area contributed by atoms with Gasteiger partial charge in [-0.1, -0.05) is 28.9 Å². The average molecular weight is 649 g/mol. The molecule has 2 aliphatic rings. The van der Waals surface area contributed by atoms with Crippen molar-refractivity contribution in [1.82, 2.24) is 34.6 Å². The van der Waals surface area contributed by atoms with Crippen LogP contribution in [0, 0.1) is 6.57 Å². The van der Waals surface area contributed by atoms with Crippen LogP contribution in [0.1, 0.15) is 48.8 Å². The lowest BCUT2D eigenvalue weighted by atomic mass is 10.1. The van der Waals surface area contributed by atoms with Gasteiger partial charge in [-0.2, -0.15) is 23.1 Å². The molecular formula is C32H28ClF3N8O2. The van der Waals surface area contributed by atoms with Gasteiger partial charge in [0, 0.05) is 55.2 Å². The zero-order valence-electron chi connectivity index (χ0n) is 24.5. The Morgan fingerprint density at radius 3 is 2.52 bits per heavy atom. The summed E-state index contributed by atoms with van der Waals surface area (Å²) < 4.78 is 51.8. The van der Waals surface area contributed by atoms with Gasteiger partial charge in [0.2, 0.25) is 11.7 Å². The molecule has 10 nitrogen and oxygen atoms in total. The first-order chi connectivity index (χ1) is 22.2. The van der Waals surface area contributed by atoms with Gasteiger partial charge in [-0.25, -0.2) is 16.5 Å². The molecule has 0 bridgehead atoms. The van der Waals surface area contributed by atoms with Gasteiger partial charge >= 0.3 is 12.1 Å². The van der Waals surface area contributed by atoms with E-state index < -0.39 is 17.6 Å². The summed E-state index contributed by atoms with van der Waals surface area (Å²) in [5.74, 6) is 0.466. The molecule has 46 heavy (non-hydrogen) atoms. The normalized spacial score (nSPS) is 16.8. The number of aromatic nitrogens is 6. The third kappa shape index (κ3) is 6.54. The van der Waals surface area contributed by atoms with Gasteiger partial charge in [-0.3, -0.25) is 4.90 Å². The van der Waals surface area contributed by atoms with Crippen LogP contribution in [0.3, 0.4) is 0 Å². The number of hydrogen-bond donors (Lipinski definition) is 0. The number of imidazole rings is 1. The molecule has 4 heterocycles. The van der Waals surface area contributed by atoms with E-state index in [0.29, 0.717) is 47.3 Å². The van der Waals surface area contributed by atoms with Crippen molar-refractivity contribution in [3.63, 3.8) is 0 Å². The number of halogens is 4. The molecule has 0 amide bonds. The van der Waals surface area contributed by atoms with Gasteiger partial charge in [-0.05, 0) is 48.7 Å². The summed E-state index contributed by atoms with van der Waals surface area (Å²) in [6, 6.07) is 14.5. The molecule has 0 unspecified atom stereocenters. The summed E-state index contributed by atoms with van der Waals surface area (Å²) in [4.78, 5) is 23.6. The molecule has 7 rings (SSSR count). The van der Waals surface area contributed by atoms with Crippen LogP contribution in [0.4, 0.5) is 13.2 Å². The fourth-order valence-corrected chi connectivity index (χ4v) is 5.81. The average Bonchev–Trinajstić information content (AvgIpc) is 3.48. The van der Waals surface area contributed by atoms with E-state index in [-0.39, 0.29) is 11.9 Å². The van der Waals surface area contributed by atoms with E-state index in [1.165, 1.54) is 0 Å². The molecule has 2 aromatic carbocycles. The number of likely N-dealkylation sites (tertiary alicyclic amines) is 1. The molecule has 2 fully saturated rings. The number of piperidine rings is 1. The molecule has 1 saturated carbocycles.